The molecule has 1 aromatic rings. The zero-order valence-electron chi connectivity index (χ0n) is 8.42. The van der Waals surface area contributed by atoms with Crippen LogP contribution in [-0.4, -0.2) is 16.4 Å². The molecule has 0 unspecified atom stereocenters. The van der Waals surface area contributed by atoms with Crippen LogP contribution in [0.1, 0.15) is 36.2 Å². The summed E-state index contributed by atoms with van der Waals surface area (Å²) in [5.74, 6) is -0.191. The van der Waals surface area contributed by atoms with Gasteiger partial charge in [0.2, 0.25) is 0 Å². The van der Waals surface area contributed by atoms with Gasteiger partial charge in [-0.05, 0) is 37.8 Å². The van der Waals surface area contributed by atoms with Crippen LogP contribution in [0.25, 0.3) is 0 Å². The van der Waals surface area contributed by atoms with Gasteiger partial charge in [0.05, 0.1) is 6.07 Å². The van der Waals surface area contributed by atoms with Crippen LogP contribution >= 0.6 is 0 Å². The lowest BCUT2D eigenvalue weighted by molar-refractivity contribution is 0.0916. The Morgan fingerprint density at radius 3 is 2.80 bits per heavy atom. The maximum absolute atomic E-state index is 11.7. The summed E-state index contributed by atoms with van der Waals surface area (Å²) >= 11 is 0. The summed E-state index contributed by atoms with van der Waals surface area (Å²) in [7, 11) is 0. The second kappa shape index (κ2) is 3.77. The van der Waals surface area contributed by atoms with E-state index in [4.69, 9.17) is 5.26 Å². The third-order valence-corrected chi connectivity index (χ3v) is 2.87. The number of rotatable bonds is 2. The van der Waals surface area contributed by atoms with E-state index in [2.05, 4.69) is 16.4 Å². The summed E-state index contributed by atoms with van der Waals surface area (Å²) < 4.78 is 0. The van der Waals surface area contributed by atoms with Crippen LogP contribution < -0.4 is 5.32 Å². The van der Waals surface area contributed by atoms with Crippen molar-refractivity contribution in [2.45, 2.75) is 31.2 Å². The van der Waals surface area contributed by atoms with Crippen molar-refractivity contribution in [2.75, 3.05) is 0 Å². The van der Waals surface area contributed by atoms with Gasteiger partial charge >= 0.3 is 0 Å². The Balaban J connectivity index is 2.08. The fraction of sp³-hybridized carbons (Fsp3) is 0.455. The highest BCUT2D eigenvalue weighted by Crippen LogP contribution is 2.29. The molecular formula is C11H13N3O. The zero-order valence-corrected chi connectivity index (χ0v) is 8.42. The SMILES string of the molecule is N#CC1(NC(=O)c2ccc[nH]2)CCCC1. The maximum Gasteiger partial charge on any atom is 0.268 e. The van der Waals surface area contributed by atoms with Crippen LogP contribution in [0.5, 0.6) is 0 Å². The number of nitrogens with zero attached hydrogens (tertiary/aromatic N) is 1. The van der Waals surface area contributed by atoms with Crippen molar-refractivity contribution in [1.29, 1.82) is 5.26 Å². The van der Waals surface area contributed by atoms with Gasteiger partial charge in [0.15, 0.2) is 0 Å². The molecule has 1 saturated carbocycles. The Labute approximate surface area is 88.3 Å². The molecule has 1 aliphatic rings. The molecule has 1 aliphatic carbocycles. The molecule has 0 spiro atoms. The van der Waals surface area contributed by atoms with Gasteiger partial charge in [-0.1, -0.05) is 0 Å². The predicted octanol–water partition coefficient (Wildman–Crippen LogP) is 1.58. The number of nitrogens with one attached hydrogen (secondary N) is 2. The number of hydrogen-bond donors (Lipinski definition) is 2. The smallest absolute Gasteiger partial charge is 0.268 e. The number of hydrogen-bond acceptors (Lipinski definition) is 2. The average Bonchev–Trinajstić information content (AvgIpc) is 2.88. The molecule has 4 nitrogen and oxygen atoms in total. The minimum Gasteiger partial charge on any atom is -0.357 e. The second-order valence-electron chi connectivity index (χ2n) is 3.94. The summed E-state index contributed by atoms with van der Waals surface area (Å²) in [5, 5.41) is 11.9. The third-order valence-electron chi connectivity index (χ3n) is 2.87. The van der Waals surface area contributed by atoms with E-state index in [-0.39, 0.29) is 5.91 Å². The third kappa shape index (κ3) is 1.86. The number of H-pyrrole nitrogens is 1. The highest BCUT2D eigenvalue weighted by atomic mass is 16.2. The lowest BCUT2D eigenvalue weighted by Crippen LogP contribution is -2.45. The molecule has 0 radical (unpaired) electrons. The van der Waals surface area contributed by atoms with Crippen molar-refractivity contribution < 1.29 is 4.79 Å². The molecule has 0 aromatic carbocycles. The molecule has 4 heteroatoms. The van der Waals surface area contributed by atoms with E-state index in [0.717, 1.165) is 25.7 Å². The highest BCUT2D eigenvalue weighted by Gasteiger charge is 2.35. The largest absolute Gasteiger partial charge is 0.357 e. The normalized spacial score (nSPS) is 18.3. The Morgan fingerprint density at radius 1 is 1.53 bits per heavy atom. The number of carbonyl (C=O) groups excluding carboxylic acids is 1. The molecule has 78 valence electrons. The van der Waals surface area contributed by atoms with E-state index >= 15 is 0 Å². The molecule has 1 heterocycles. The fourth-order valence-electron chi connectivity index (χ4n) is 2.00. The van der Waals surface area contributed by atoms with Gasteiger partial charge in [-0.3, -0.25) is 4.79 Å². The molecule has 15 heavy (non-hydrogen) atoms. The van der Waals surface area contributed by atoms with E-state index in [0.29, 0.717) is 5.69 Å². The first-order chi connectivity index (χ1) is 7.26. The van der Waals surface area contributed by atoms with Gasteiger partial charge in [-0.15, -0.1) is 0 Å². The lowest BCUT2D eigenvalue weighted by atomic mass is 10.00. The van der Waals surface area contributed by atoms with Crippen LogP contribution in [0.15, 0.2) is 18.3 Å². The van der Waals surface area contributed by atoms with Gasteiger partial charge in [0.1, 0.15) is 11.2 Å². The van der Waals surface area contributed by atoms with Gasteiger partial charge in [-0.25, -0.2) is 0 Å². The molecule has 1 aromatic heterocycles. The van der Waals surface area contributed by atoms with Crippen LogP contribution in [0.2, 0.25) is 0 Å². The number of aromatic amines is 1. The standard InChI is InChI=1S/C11H13N3O/c12-8-11(5-1-2-6-11)14-10(15)9-4-3-7-13-9/h3-4,7,13H,1-2,5-6H2,(H,14,15). The van der Waals surface area contributed by atoms with E-state index in [1.807, 2.05) is 0 Å². The van der Waals surface area contributed by atoms with Crippen molar-refractivity contribution in [1.82, 2.24) is 10.3 Å². The van der Waals surface area contributed by atoms with Crippen LogP contribution in [0, 0.1) is 11.3 Å². The zero-order chi connectivity index (χ0) is 10.7. The Kier molecular flexibility index (Phi) is 2.46. The Morgan fingerprint density at radius 2 is 2.27 bits per heavy atom. The molecule has 0 aliphatic heterocycles. The molecule has 1 fully saturated rings. The van der Waals surface area contributed by atoms with Gasteiger partial charge in [-0.2, -0.15) is 5.26 Å². The first-order valence-electron chi connectivity index (χ1n) is 5.13. The average molecular weight is 203 g/mol. The van der Waals surface area contributed by atoms with Crippen LogP contribution in [0.3, 0.4) is 0 Å². The highest BCUT2D eigenvalue weighted by molar-refractivity contribution is 5.93. The summed E-state index contributed by atoms with van der Waals surface area (Å²) in [6.07, 6.45) is 5.24. The molecule has 0 bridgehead atoms. The Bertz CT molecular complexity index is 382. The minimum absolute atomic E-state index is 0.191. The summed E-state index contributed by atoms with van der Waals surface area (Å²) in [4.78, 5) is 14.6. The first kappa shape index (κ1) is 9.78. The quantitative estimate of drug-likeness (QED) is 0.766. The first-order valence-corrected chi connectivity index (χ1v) is 5.13. The molecule has 2 rings (SSSR count). The number of nitriles is 1. The molecule has 0 saturated heterocycles. The minimum atomic E-state index is -0.637. The van der Waals surface area contributed by atoms with Gasteiger partial charge in [0, 0.05) is 6.20 Å². The maximum atomic E-state index is 11.7. The van der Waals surface area contributed by atoms with E-state index < -0.39 is 5.54 Å². The molecule has 0 atom stereocenters. The van der Waals surface area contributed by atoms with Crippen molar-refractivity contribution in [3.05, 3.63) is 24.0 Å². The monoisotopic (exact) mass is 203 g/mol. The lowest BCUT2D eigenvalue weighted by Gasteiger charge is -2.21. The number of amides is 1. The molecule has 2 N–H and O–H groups in total. The topological polar surface area (TPSA) is 68.7 Å². The van der Waals surface area contributed by atoms with E-state index in [1.54, 1.807) is 18.3 Å². The van der Waals surface area contributed by atoms with Crippen molar-refractivity contribution in [3.8, 4) is 6.07 Å². The number of carbonyl (C=O) groups is 1. The van der Waals surface area contributed by atoms with E-state index in [9.17, 15) is 4.79 Å². The number of aromatic nitrogens is 1. The predicted molar refractivity (Wildman–Crippen MR) is 55.1 cm³/mol. The molecular weight excluding hydrogens is 190 g/mol. The molecule has 1 amide bonds. The summed E-state index contributed by atoms with van der Waals surface area (Å²) in [6, 6.07) is 5.69. The summed E-state index contributed by atoms with van der Waals surface area (Å²) in [6.45, 7) is 0. The van der Waals surface area contributed by atoms with Crippen molar-refractivity contribution in [2.24, 2.45) is 0 Å². The van der Waals surface area contributed by atoms with E-state index in [1.165, 1.54) is 0 Å². The van der Waals surface area contributed by atoms with Crippen molar-refractivity contribution >= 4 is 5.91 Å². The van der Waals surface area contributed by atoms with Gasteiger partial charge in [0.25, 0.3) is 5.91 Å². The van der Waals surface area contributed by atoms with Gasteiger partial charge < -0.3 is 10.3 Å². The Hall–Kier alpha value is -1.76. The van der Waals surface area contributed by atoms with Crippen LogP contribution in [0.4, 0.5) is 0 Å². The van der Waals surface area contributed by atoms with Crippen LogP contribution in [-0.2, 0) is 0 Å². The second-order valence-corrected chi connectivity index (χ2v) is 3.94. The van der Waals surface area contributed by atoms with Crippen molar-refractivity contribution in [3.63, 3.8) is 0 Å². The fourth-order valence-corrected chi connectivity index (χ4v) is 2.00. The summed E-state index contributed by atoms with van der Waals surface area (Å²) in [5.41, 5.74) is -0.126.